The Morgan fingerprint density at radius 2 is 2.00 bits per heavy atom. The zero-order chi connectivity index (χ0) is 18.3. The van der Waals surface area contributed by atoms with Gasteiger partial charge in [-0.2, -0.15) is 0 Å². The number of hydrogen-bond acceptors (Lipinski definition) is 8. The second-order valence-electron chi connectivity index (χ2n) is 5.93. The minimum atomic E-state index is -1.33. The van der Waals surface area contributed by atoms with Gasteiger partial charge in [0.25, 0.3) is 5.56 Å². The molecule has 10 heteroatoms. The summed E-state index contributed by atoms with van der Waals surface area (Å²) in [7, 11) is 0. The molecular formula is C16H17N5O5. The third-order valence-electron chi connectivity index (χ3n) is 4.28. The van der Waals surface area contributed by atoms with Crippen LogP contribution in [0.3, 0.4) is 0 Å². The Labute approximate surface area is 146 Å². The average Bonchev–Trinajstić information content (AvgIpc) is 3.15. The molecule has 0 bridgehead atoms. The van der Waals surface area contributed by atoms with Crippen LogP contribution in [0.4, 0.5) is 11.6 Å². The highest BCUT2D eigenvalue weighted by molar-refractivity contribution is 5.75. The van der Waals surface area contributed by atoms with Gasteiger partial charge in [-0.05, 0) is 12.1 Å². The lowest BCUT2D eigenvalue weighted by Gasteiger charge is -2.19. The summed E-state index contributed by atoms with van der Waals surface area (Å²) in [6.45, 7) is -0.461. The molecule has 3 aromatic rings. The number of H-pyrrole nitrogens is 1. The molecule has 0 aliphatic carbocycles. The van der Waals surface area contributed by atoms with Crippen molar-refractivity contribution in [2.75, 3.05) is 11.9 Å². The van der Waals surface area contributed by atoms with Crippen molar-refractivity contribution in [2.24, 2.45) is 0 Å². The molecule has 136 valence electrons. The lowest BCUT2D eigenvalue weighted by Crippen LogP contribution is -2.33. The van der Waals surface area contributed by atoms with E-state index in [1.165, 1.54) is 10.9 Å². The molecule has 10 nitrogen and oxygen atoms in total. The van der Waals surface area contributed by atoms with Crippen LogP contribution >= 0.6 is 0 Å². The highest BCUT2D eigenvalue weighted by Gasteiger charge is 2.45. The smallest absolute Gasteiger partial charge is 0.278 e. The van der Waals surface area contributed by atoms with Gasteiger partial charge in [0.2, 0.25) is 5.95 Å². The number of rotatable bonds is 4. The van der Waals surface area contributed by atoms with Crippen LogP contribution in [0.15, 0.2) is 41.5 Å². The summed E-state index contributed by atoms with van der Waals surface area (Å²) in [5.74, 6) is 0.213. The van der Waals surface area contributed by atoms with Gasteiger partial charge in [0.15, 0.2) is 17.4 Å². The van der Waals surface area contributed by atoms with E-state index in [1.54, 1.807) is 12.1 Å². The molecule has 3 heterocycles. The van der Waals surface area contributed by atoms with Crippen molar-refractivity contribution in [1.82, 2.24) is 19.5 Å². The monoisotopic (exact) mass is 359 g/mol. The number of ether oxygens (including phenoxy) is 1. The molecule has 4 unspecified atom stereocenters. The third kappa shape index (κ3) is 2.65. The van der Waals surface area contributed by atoms with Crippen LogP contribution in [0.5, 0.6) is 0 Å². The van der Waals surface area contributed by atoms with Gasteiger partial charge in [-0.25, -0.2) is 9.97 Å². The molecule has 1 aliphatic rings. The molecule has 0 amide bonds. The van der Waals surface area contributed by atoms with E-state index in [-0.39, 0.29) is 17.1 Å². The standard InChI is InChI=1S/C16H17N5O5/c22-6-9-11(23)12(24)15(26-9)21-13-10(14(25)18-7-17-13)20-16(21)19-8-4-2-1-3-5-8/h1-5,7,9,11-12,15,22-24H,6H2,(H,19,20)(H,17,18,25). The molecular weight excluding hydrogens is 342 g/mol. The van der Waals surface area contributed by atoms with Crippen molar-refractivity contribution in [1.29, 1.82) is 0 Å². The largest absolute Gasteiger partial charge is 0.394 e. The Balaban J connectivity index is 1.85. The number of aliphatic hydroxyl groups is 3. The number of aromatic amines is 1. The zero-order valence-electron chi connectivity index (χ0n) is 13.5. The van der Waals surface area contributed by atoms with E-state index in [4.69, 9.17) is 4.74 Å². The van der Waals surface area contributed by atoms with Gasteiger partial charge in [0, 0.05) is 5.69 Å². The predicted octanol–water partition coefficient (Wildman–Crippen LogP) is -0.525. The molecule has 1 aromatic carbocycles. The maximum Gasteiger partial charge on any atom is 0.278 e. The van der Waals surface area contributed by atoms with E-state index in [2.05, 4.69) is 20.3 Å². The summed E-state index contributed by atoms with van der Waals surface area (Å²) in [4.78, 5) is 22.9. The van der Waals surface area contributed by atoms with Crippen molar-refractivity contribution < 1.29 is 20.1 Å². The topological polar surface area (TPSA) is 146 Å². The number of nitrogens with one attached hydrogen (secondary N) is 2. The number of imidazole rings is 1. The maximum atomic E-state index is 12.1. The predicted molar refractivity (Wildman–Crippen MR) is 90.9 cm³/mol. The Morgan fingerprint density at radius 1 is 1.23 bits per heavy atom. The van der Waals surface area contributed by atoms with Crippen molar-refractivity contribution in [3.05, 3.63) is 47.0 Å². The Morgan fingerprint density at radius 3 is 2.69 bits per heavy atom. The van der Waals surface area contributed by atoms with E-state index in [0.29, 0.717) is 5.69 Å². The number of aromatic nitrogens is 4. The molecule has 0 saturated carbocycles. The fourth-order valence-corrected chi connectivity index (χ4v) is 2.99. The lowest BCUT2D eigenvalue weighted by atomic mass is 10.1. The summed E-state index contributed by atoms with van der Waals surface area (Å²) in [6, 6.07) is 9.11. The fourth-order valence-electron chi connectivity index (χ4n) is 2.99. The van der Waals surface area contributed by atoms with Gasteiger partial charge in [-0.3, -0.25) is 9.36 Å². The minimum Gasteiger partial charge on any atom is -0.394 e. The molecule has 26 heavy (non-hydrogen) atoms. The number of anilines is 2. The summed E-state index contributed by atoms with van der Waals surface area (Å²) in [5, 5.41) is 32.8. The van der Waals surface area contributed by atoms with Crippen LogP contribution < -0.4 is 10.9 Å². The number of benzene rings is 1. The molecule has 0 spiro atoms. The highest BCUT2D eigenvalue weighted by Crippen LogP contribution is 2.34. The Bertz CT molecular complexity index is 972. The highest BCUT2D eigenvalue weighted by atomic mass is 16.6. The Kier molecular flexibility index (Phi) is 4.17. The van der Waals surface area contributed by atoms with Crippen molar-refractivity contribution in [2.45, 2.75) is 24.5 Å². The first kappa shape index (κ1) is 16.7. The van der Waals surface area contributed by atoms with Crippen LogP contribution in [0.25, 0.3) is 11.2 Å². The number of aliphatic hydroxyl groups excluding tert-OH is 3. The number of para-hydroxylation sites is 1. The van der Waals surface area contributed by atoms with Crippen LogP contribution in [0, 0.1) is 0 Å². The summed E-state index contributed by atoms with van der Waals surface area (Å²) >= 11 is 0. The second-order valence-corrected chi connectivity index (χ2v) is 5.93. The van der Waals surface area contributed by atoms with Crippen molar-refractivity contribution in [3.8, 4) is 0 Å². The SMILES string of the molecule is O=c1[nH]cnc2c1nc(Nc1ccccc1)n2C1OC(CO)C(O)C1O. The normalized spacial score (nSPS) is 25.7. The van der Waals surface area contributed by atoms with Gasteiger partial charge < -0.3 is 30.4 Å². The number of hydrogen-bond donors (Lipinski definition) is 5. The lowest BCUT2D eigenvalue weighted by molar-refractivity contribution is -0.0501. The molecule has 4 atom stereocenters. The molecule has 1 saturated heterocycles. The van der Waals surface area contributed by atoms with Gasteiger partial charge in [0.1, 0.15) is 18.3 Å². The van der Waals surface area contributed by atoms with Crippen LogP contribution in [0.2, 0.25) is 0 Å². The zero-order valence-corrected chi connectivity index (χ0v) is 13.5. The van der Waals surface area contributed by atoms with Crippen LogP contribution in [-0.2, 0) is 4.74 Å². The molecule has 1 aliphatic heterocycles. The van der Waals surface area contributed by atoms with Gasteiger partial charge >= 0.3 is 0 Å². The third-order valence-corrected chi connectivity index (χ3v) is 4.28. The Hall–Kier alpha value is -2.79. The summed E-state index contributed by atoms with van der Waals surface area (Å²) in [6.07, 6.45) is -3.43. The molecule has 5 N–H and O–H groups in total. The minimum absolute atomic E-state index is 0.0590. The van der Waals surface area contributed by atoms with E-state index in [0.717, 1.165) is 0 Å². The van der Waals surface area contributed by atoms with Crippen molar-refractivity contribution in [3.63, 3.8) is 0 Å². The van der Waals surface area contributed by atoms with E-state index in [1.807, 2.05) is 18.2 Å². The van der Waals surface area contributed by atoms with Crippen molar-refractivity contribution >= 4 is 22.8 Å². The van der Waals surface area contributed by atoms with E-state index >= 15 is 0 Å². The number of fused-ring (bicyclic) bond motifs is 1. The fraction of sp³-hybridized carbons (Fsp3) is 0.312. The average molecular weight is 359 g/mol. The quantitative estimate of drug-likeness (QED) is 0.418. The first-order valence-electron chi connectivity index (χ1n) is 8.00. The molecule has 4 rings (SSSR count). The first-order chi connectivity index (χ1) is 12.6. The molecule has 1 fully saturated rings. The second kappa shape index (κ2) is 6.50. The van der Waals surface area contributed by atoms with Crippen LogP contribution in [-0.4, -0.2) is 59.8 Å². The van der Waals surface area contributed by atoms with Crippen LogP contribution in [0.1, 0.15) is 6.23 Å². The van der Waals surface area contributed by atoms with Gasteiger partial charge in [-0.1, -0.05) is 18.2 Å². The van der Waals surface area contributed by atoms with E-state index < -0.39 is 36.7 Å². The number of nitrogens with zero attached hydrogens (tertiary/aromatic N) is 3. The summed E-state index contributed by atoms with van der Waals surface area (Å²) < 4.78 is 6.99. The van der Waals surface area contributed by atoms with E-state index in [9.17, 15) is 20.1 Å². The maximum absolute atomic E-state index is 12.1. The molecule has 2 aromatic heterocycles. The summed E-state index contributed by atoms with van der Waals surface area (Å²) in [5.41, 5.74) is 0.495. The van der Waals surface area contributed by atoms with Gasteiger partial charge in [-0.15, -0.1) is 0 Å². The first-order valence-corrected chi connectivity index (χ1v) is 8.00. The molecule has 0 radical (unpaired) electrons. The van der Waals surface area contributed by atoms with Gasteiger partial charge in [0.05, 0.1) is 12.9 Å².